The molecule has 0 aliphatic rings. The molecule has 21 heavy (non-hydrogen) atoms. The average Bonchev–Trinajstić information content (AvgIpc) is 2.44. The van der Waals surface area contributed by atoms with Crippen molar-refractivity contribution in [2.24, 2.45) is 5.92 Å². The second-order valence-electron chi connectivity index (χ2n) is 4.74. The number of benzene rings is 1. The second kappa shape index (κ2) is 6.48. The van der Waals surface area contributed by atoms with Crippen molar-refractivity contribution in [3.63, 3.8) is 0 Å². The van der Waals surface area contributed by atoms with Crippen molar-refractivity contribution in [1.82, 2.24) is 5.32 Å². The summed E-state index contributed by atoms with van der Waals surface area (Å²) in [7, 11) is 3.14. The van der Waals surface area contributed by atoms with Crippen molar-refractivity contribution in [1.29, 1.82) is 5.26 Å². The molecule has 0 bridgehead atoms. The molecule has 1 N–H and O–H groups in total. The molecule has 1 rings (SSSR count). The third-order valence-corrected chi connectivity index (χ3v) is 3.10. The number of nitriles is 1. The van der Waals surface area contributed by atoms with E-state index in [2.05, 4.69) is 5.32 Å². The monoisotopic (exact) mass is 299 g/mol. The van der Waals surface area contributed by atoms with E-state index in [-0.39, 0.29) is 17.4 Å². The second-order valence-corrected chi connectivity index (χ2v) is 4.74. The molecule has 1 aromatic rings. The summed E-state index contributed by atoms with van der Waals surface area (Å²) in [6, 6.07) is 4.75. The van der Waals surface area contributed by atoms with Crippen LogP contribution in [0.3, 0.4) is 0 Å². The Morgan fingerprint density at radius 3 is 2.57 bits per heavy atom. The minimum Gasteiger partial charge on any atom is -0.373 e. The van der Waals surface area contributed by atoms with Gasteiger partial charge in [0.1, 0.15) is 6.07 Å². The number of alkyl halides is 3. The van der Waals surface area contributed by atoms with Crippen LogP contribution in [0.4, 0.5) is 18.9 Å². The Kier molecular flexibility index (Phi) is 5.19. The number of carbonyl (C=O) groups excluding carboxylic acids is 1. The van der Waals surface area contributed by atoms with Gasteiger partial charge < -0.3 is 10.2 Å². The lowest BCUT2D eigenvalue weighted by Gasteiger charge is -2.24. The van der Waals surface area contributed by atoms with Gasteiger partial charge in [-0.25, -0.2) is 0 Å². The fourth-order valence-electron chi connectivity index (χ4n) is 1.97. The van der Waals surface area contributed by atoms with E-state index in [0.29, 0.717) is 12.2 Å². The molecule has 0 radical (unpaired) electrons. The number of nitrogens with zero attached hydrogens (tertiary/aromatic N) is 2. The van der Waals surface area contributed by atoms with E-state index < -0.39 is 11.7 Å². The molecule has 4 nitrogen and oxygen atoms in total. The molecular formula is C14H16F3N3O. The number of hydrogen-bond acceptors (Lipinski definition) is 3. The van der Waals surface area contributed by atoms with Crippen LogP contribution in [0.25, 0.3) is 0 Å². The van der Waals surface area contributed by atoms with Gasteiger partial charge in [0.2, 0.25) is 5.91 Å². The van der Waals surface area contributed by atoms with Gasteiger partial charge in [0.15, 0.2) is 0 Å². The first-order valence-electron chi connectivity index (χ1n) is 6.24. The largest absolute Gasteiger partial charge is 0.416 e. The summed E-state index contributed by atoms with van der Waals surface area (Å²) in [6.07, 6.45) is -4.49. The van der Waals surface area contributed by atoms with Crippen LogP contribution in [0, 0.1) is 17.2 Å². The van der Waals surface area contributed by atoms with Crippen molar-refractivity contribution in [3.05, 3.63) is 29.3 Å². The molecule has 0 fully saturated rings. The molecule has 1 atom stereocenters. The van der Waals surface area contributed by atoms with Gasteiger partial charge in [0, 0.05) is 20.6 Å². The topological polar surface area (TPSA) is 56.1 Å². The first-order valence-corrected chi connectivity index (χ1v) is 6.24. The normalized spacial score (nSPS) is 12.4. The first kappa shape index (κ1) is 16.8. The summed E-state index contributed by atoms with van der Waals surface area (Å²) in [5.41, 5.74) is -0.576. The average molecular weight is 299 g/mol. The molecule has 7 heteroatoms. The van der Waals surface area contributed by atoms with Crippen molar-refractivity contribution in [2.75, 3.05) is 25.5 Å². The Morgan fingerprint density at radius 1 is 1.48 bits per heavy atom. The first-order chi connectivity index (χ1) is 9.70. The van der Waals surface area contributed by atoms with Gasteiger partial charge in [-0.3, -0.25) is 4.79 Å². The van der Waals surface area contributed by atoms with Crippen LogP contribution < -0.4 is 10.2 Å². The van der Waals surface area contributed by atoms with E-state index in [0.717, 1.165) is 12.1 Å². The summed E-state index contributed by atoms with van der Waals surface area (Å²) in [4.78, 5) is 13.1. The van der Waals surface area contributed by atoms with Gasteiger partial charge in [-0.15, -0.1) is 0 Å². The maximum absolute atomic E-state index is 12.6. The highest BCUT2D eigenvalue weighted by Crippen LogP contribution is 2.32. The van der Waals surface area contributed by atoms with Gasteiger partial charge in [0.05, 0.1) is 22.7 Å². The summed E-state index contributed by atoms with van der Waals surface area (Å²) in [6.45, 7) is 1.99. The van der Waals surface area contributed by atoms with E-state index in [1.54, 1.807) is 24.9 Å². The zero-order valence-electron chi connectivity index (χ0n) is 12.0. The third kappa shape index (κ3) is 4.12. The van der Waals surface area contributed by atoms with Gasteiger partial charge in [-0.2, -0.15) is 18.4 Å². The standard InChI is InChI=1S/C14H16F3N3O/c1-9(13(21)19-2)8-20(3)12-5-4-11(14(15,16)17)6-10(12)7-18/h4-6,9H,8H2,1-3H3,(H,19,21)/t9-/m1/s1. The Hall–Kier alpha value is -2.23. The fraction of sp³-hybridized carbons (Fsp3) is 0.429. The molecule has 0 saturated heterocycles. The summed E-state index contributed by atoms with van der Waals surface area (Å²) in [5.74, 6) is -0.527. The summed E-state index contributed by atoms with van der Waals surface area (Å²) in [5, 5.41) is 11.5. The minimum atomic E-state index is -4.49. The number of hydrogen-bond donors (Lipinski definition) is 1. The van der Waals surface area contributed by atoms with Crippen molar-refractivity contribution in [2.45, 2.75) is 13.1 Å². The summed E-state index contributed by atoms with van der Waals surface area (Å²) >= 11 is 0. The quantitative estimate of drug-likeness (QED) is 0.929. The zero-order chi connectivity index (χ0) is 16.2. The molecule has 0 aliphatic heterocycles. The van der Waals surface area contributed by atoms with Crippen LogP contribution in [0.15, 0.2) is 18.2 Å². The number of carbonyl (C=O) groups is 1. The van der Waals surface area contributed by atoms with Crippen molar-refractivity contribution >= 4 is 11.6 Å². The third-order valence-electron chi connectivity index (χ3n) is 3.10. The Bertz CT molecular complexity index is 564. The Balaban J connectivity index is 3.03. The van der Waals surface area contributed by atoms with E-state index in [9.17, 15) is 18.0 Å². The van der Waals surface area contributed by atoms with Crippen LogP contribution in [0.2, 0.25) is 0 Å². The van der Waals surface area contributed by atoms with Crippen LogP contribution in [0.5, 0.6) is 0 Å². The highest BCUT2D eigenvalue weighted by molar-refractivity contribution is 5.78. The molecule has 0 unspecified atom stereocenters. The molecule has 0 aromatic heterocycles. The van der Waals surface area contributed by atoms with E-state index in [4.69, 9.17) is 5.26 Å². The smallest absolute Gasteiger partial charge is 0.373 e. The van der Waals surface area contributed by atoms with E-state index in [1.807, 2.05) is 0 Å². The van der Waals surface area contributed by atoms with Crippen LogP contribution >= 0.6 is 0 Å². The Morgan fingerprint density at radius 2 is 2.10 bits per heavy atom. The number of nitrogens with one attached hydrogen (secondary N) is 1. The summed E-state index contributed by atoms with van der Waals surface area (Å²) < 4.78 is 37.9. The fourth-order valence-corrected chi connectivity index (χ4v) is 1.97. The highest BCUT2D eigenvalue weighted by atomic mass is 19.4. The van der Waals surface area contributed by atoms with Gasteiger partial charge in [0.25, 0.3) is 0 Å². The zero-order valence-corrected chi connectivity index (χ0v) is 12.0. The lowest BCUT2D eigenvalue weighted by Crippen LogP contribution is -2.34. The molecule has 0 saturated carbocycles. The Labute approximate surface area is 121 Å². The highest BCUT2D eigenvalue weighted by Gasteiger charge is 2.31. The maximum atomic E-state index is 12.6. The van der Waals surface area contributed by atoms with Gasteiger partial charge >= 0.3 is 6.18 Å². The number of anilines is 1. The van der Waals surface area contributed by atoms with E-state index in [1.165, 1.54) is 13.1 Å². The maximum Gasteiger partial charge on any atom is 0.416 e. The van der Waals surface area contributed by atoms with Crippen LogP contribution in [-0.2, 0) is 11.0 Å². The molecular weight excluding hydrogens is 283 g/mol. The lowest BCUT2D eigenvalue weighted by atomic mass is 10.1. The predicted molar refractivity (Wildman–Crippen MR) is 72.7 cm³/mol. The van der Waals surface area contributed by atoms with Crippen LogP contribution in [0.1, 0.15) is 18.1 Å². The molecule has 1 aromatic carbocycles. The minimum absolute atomic E-state index is 0.0727. The molecule has 0 aliphatic carbocycles. The lowest BCUT2D eigenvalue weighted by molar-refractivity contribution is -0.137. The molecule has 1 amide bonds. The number of amides is 1. The van der Waals surface area contributed by atoms with Gasteiger partial charge in [-0.1, -0.05) is 6.92 Å². The van der Waals surface area contributed by atoms with Crippen molar-refractivity contribution in [3.8, 4) is 6.07 Å². The predicted octanol–water partition coefficient (Wildman–Crippen LogP) is 2.40. The SMILES string of the molecule is CNC(=O)[C@H](C)CN(C)c1ccc(C(F)(F)F)cc1C#N. The van der Waals surface area contributed by atoms with Gasteiger partial charge in [-0.05, 0) is 18.2 Å². The molecule has 0 heterocycles. The molecule has 114 valence electrons. The number of halogens is 3. The molecule has 0 spiro atoms. The van der Waals surface area contributed by atoms with E-state index >= 15 is 0 Å². The number of rotatable bonds is 4. The van der Waals surface area contributed by atoms with Crippen molar-refractivity contribution < 1.29 is 18.0 Å². The van der Waals surface area contributed by atoms with Crippen LogP contribution in [-0.4, -0.2) is 26.5 Å².